The van der Waals surface area contributed by atoms with Crippen molar-refractivity contribution in [3.63, 3.8) is 0 Å². The Hall–Kier alpha value is -2.85. The maximum Gasteiger partial charge on any atom is 0.394 e. The first-order valence-electron chi connectivity index (χ1n) is 5.27. The van der Waals surface area contributed by atoms with Gasteiger partial charge >= 0.3 is 11.9 Å². The molecular weight excluding hydrogens is 276 g/mol. The second kappa shape index (κ2) is 8.29. The van der Waals surface area contributed by atoms with Gasteiger partial charge in [-0.2, -0.15) is 0 Å². The SMILES string of the molecule is NN=C([O-])[C@H](CCCNC(=O)C(=O)[O-])NC(=O)C(=O)O. The molecule has 0 aliphatic rings. The predicted octanol–water partition coefficient (Wildman–Crippen LogP) is -5.17. The van der Waals surface area contributed by atoms with Gasteiger partial charge in [0.25, 0.3) is 5.91 Å². The molecule has 0 unspecified atom stereocenters. The van der Waals surface area contributed by atoms with Gasteiger partial charge in [0.15, 0.2) is 0 Å². The highest BCUT2D eigenvalue weighted by Gasteiger charge is 2.17. The molecule has 20 heavy (non-hydrogen) atoms. The van der Waals surface area contributed by atoms with Crippen LogP contribution in [-0.4, -0.2) is 47.3 Å². The molecule has 0 saturated heterocycles. The lowest BCUT2D eigenvalue weighted by molar-refractivity contribution is -0.300. The third-order valence-corrected chi connectivity index (χ3v) is 2.07. The lowest BCUT2D eigenvalue weighted by Gasteiger charge is -2.22. The fourth-order valence-corrected chi connectivity index (χ4v) is 1.15. The number of carbonyl (C=O) groups is 4. The van der Waals surface area contributed by atoms with Crippen LogP contribution in [0, 0.1) is 0 Å². The Bertz CT molecular complexity index is 434. The Morgan fingerprint density at radius 3 is 2.25 bits per heavy atom. The molecule has 5 N–H and O–H groups in total. The molecule has 0 bridgehead atoms. The highest BCUT2D eigenvalue weighted by atomic mass is 16.4. The number of hydrogen-bond donors (Lipinski definition) is 4. The molecule has 0 rings (SSSR count). The number of carboxylic acids is 2. The van der Waals surface area contributed by atoms with E-state index in [-0.39, 0.29) is 19.4 Å². The molecule has 0 saturated carbocycles. The van der Waals surface area contributed by atoms with Crippen molar-refractivity contribution in [1.82, 2.24) is 10.6 Å². The van der Waals surface area contributed by atoms with Crippen molar-refractivity contribution in [2.24, 2.45) is 10.9 Å². The fraction of sp³-hybridized carbons (Fsp3) is 0.444. The van der Waals surface area contributed by atoms with Gasteiger partial charge in [0.05, 0.1) is 6.04 Å². The Morgan fingerprint density at radius 2 is 1.80 bits per heavy atom. The summed E-state index contributed by atoms with van der Waals surface area (Å²) >= 11 is 0. The van der Waals surface area contributed by atoms with Gasteiger partial charge in [-0.15, -0.1) is 0 Å². The van der Waals surface area contributed by atoms with E-state index in [4.69, 9.17) is 10.9 Å². The van der Waals surface area contributed by atoms with E-state index in [1.165, 1.54) is 0 Å². The third-order valence-electron chi connectivity index (χ3n) is 2.07. The average Bonchev–Trinajstić information content (AvgIpc) is 2.40. The van der Waals surface area contributed by atoms with Crippen molar-refractivity contribution < 1.29 is 34.5 Å². The number of hydrazone groups is 1. The molecule has 0 fully saturated rings. The maximum atomic E-state index is 11.2. The van der Waals surface area contributed by atoms with Crippen molar-refractivity contribution >= 4 is 29.7 Å². The summed E-state index contributed by atoms with van der Waals surface area (Å²) in [6.45, 7) is -0.121. The number of hydrogen-bond acceptors (Lipinski definition) is 8. The first kappa shape index (κ1) is 17.2. The van der Waals surface area contributed by atoms with E-state index in [2.05, 4.69) is 5.10 Å². The Kier molecular flexibility index (Phi) is 7.11. The largest absolute Gasteiger partial charge is 0.859 e. The molecule has 0 radical (unpaired) electrons. The summed E-state index contributed by atoms with van der Waals surface area (Å²) in [6, 6.07) is -1.27. The van der Waals surface area contributed by atoms with Crippen LogP contribution < -0.4 is 26.7 Å². The van der Waals surface area contributed by atoms with Gasteiger partial charge in [-0.3, -0.25) is 9.59 Å². The number of rotatable bonds is 6. The van der Waals surface area contributed by atoms with Gasteiger partial charge in [0.2, 0.25) is 0 Å². The molecule has 0 aromatic rings. The van der Waals surface area contributed by atoms with Crippen LogP contribution in [0.3, 0.4) is 0 Å². The lowest BCUT2D eigenvalue weighted by atomic mass is 10.1. The van der Waals surface area contributed by atoms with Crippen LogP contribution in [0.2, 0.25) is 0 Å². The van der Waals surface area contributed by atoms with E-state index in [1.54, 1.807) is 0 Å². The molecule has 0 aliphatic heterocycles. The molecule has 0 heterocycles. The zero-order chi connectivity index (χ0) is 15.7. The molecular formula is C9H12N4O7-2. The average molecular weight is 288 g/mol. The fourth-order valence-electron chi connectivity index (χ4n) is 1.15. The first-order valence-corrected chi connectivity index (χ1v) is 5.27. The summed E-state index contributed by atoms with van der Waals surface area (Å²) in [6.07, 6.45) is -0.0171. The molecule has 2 amide bonds. The van der Waals surface area contributed by atoms with Gasteiger partial charge in [-0.1, -0.05) is 0 Å². The van der Waals surface area contributed by atoms with E-state index in [0.717, 1.165) is 0 Å². The maximum absolute atomic E-state index is 11.2. The van der Waals surface area contributed by atoms with Gasteiger partial charge in [-0.05, 0) is 12.8 Å². The van der Waals surface area contributed by atoms with Gasteiger partial charge in [0.1, 0.15) is 5.97 Å². The smallest absolute Gasteiger partial charge is 0.394 e. The van der Waals surface area contributed by atoms with Crippen LogP contribution in [0.1, 0.15) is 12.8 Å². The van der Waals surface area contributed by atoms with Crippen LogP contribution in [0.5, 0.6) is 0 Å². The first-order chi connectivity index (χ1) is 9.29. The van der Waals surface area contributed by atoms with Gasteiger partial charge in [0, 0.05) is 12.4 Å². The molecule has 11 heteroatoms. The van der Waals surface area contributed by atoms with Crippen molar-refractivity contribution in [1.29, 1.82) is 0 Å². The zero-order valence-electron chi connectivity index (χ0n) is 10.1. The molecule has 0 aromatic carbocycles. The Morgan fingerprint density at radius 1 is 1.20 bits per heavy atom. The monoisotopic (exact) mass is 288 g/mol. The summed E-state index contributed by atoms with van der Waals surface area (Å²) in [7, 11) is 0. The zero-order valence-corrected chi connectivity index (χ0v) is 10.1. The van der Waals surface area contributed by atoms with Crippen LogP contribution in [-0.2, 0) is 19.2 Å². The third kappa shape index (κ3) is 6.18. The molecule has 0 aliphatic carbocycles. The molecule has 11 nitrogen and oxygen atoms in total. The van der Waals surface area contributed by atoms with Crippen LogP contribution in [0.15, 0.2) is 5.10 Å². The van der Waals surface area contributed by atoms with Crippen molar-refractivity contribution in [2.45, 2.75) is 18.9 Å². The normalized spacial score (nSPS) is 12.3. The van der Waals surface area contributed by atoms with E-state index in [0.29, 0.717) is 0 Å². The number of amides is 2. The minimum Gasteiger partial charge on any atom is -0.859 e. The van der Waals surface area contributed by atoms with Crippen molar-refractivity contribution in [3.05, 3.63) is 0 Å². The van der Waals surface area contributed by atoms with E-state index in [9.17, 15) is 29.4 Å². The quantitative estimate of drug-likeness (QED) is 0.0928. The molecule has 112 valence electrons. The molecule has 0 aromatic heterocycles. The lowest BCUT2D eigenvalue weighted by Crippen LogP contribution is -2.49. The number of aliphatic carboxylic acids is 2. The van der Waals surface area contributed by atoms with Crippen LogP contribution >= 0.6 is 0 Å². The van der Waals surface area contributed by atoms with Crippen LogP contribution in [0.25, 0.3) is 0 Å². The Labute approximate surface area is 112 Å². The van der Waals surface area contributed by atoms with Crippen molar-refractivity contribution in [2.75, 3.05) is 6.54 Å². The molecule has 0 spiro atoms. The Balaban J connectivity index is 4.32. The highest BCUT2D eigenvalue weighted by molar-refractivity contribution is 6.32. The summed E-state index contributed by atoms with van der Waals surface area (Å²) in [5.41, 5.74) is 0. The predicted molar refractivity (Wildman–Crippen MR) is 58.4 cm³/mol. The second-order valence-electron chi connectivity index (χ2n) is 3.48. The summed E-state index contributed by atoms with van der Waals surface area (Å²) in [4.78, 5) is 41.9. The van der Waals surface area contributed by atoms with E-state index >= 15 is 0 Å². The number of carboxylic acid groups (broad SMARTS) is 2. The molecule has 1 atom stereocenters. The topological polar surface area (TPSA) is 197 Å². The summed E-state index contributed by atoms with van der Waals surface area (Å²) in [5.74, 6) is -2.65. The standard InChI is InChI=1S/C9H14N4O7/c10-13-5(14)4(12-7(16)9(19)20)2-1-3-11-6(15)8(17)18/h4H,1-3,10H2,(H,11,15)(H,12,16)(H,13,14)(H,17,18)(H,19,20)/p-2/t4-/m0/s1. The van der Waals surface area contributed by atoms with Crippen molar-refractivity contribution in [3.8, 4) is 0 Å². The minimum absolute atomic E-state index is 0.0743. The minimum atomic E-state index is -1.91. The number of carbonyl (C=O) groups excluding carboxylic acids is 3. The highest BCUT2D eigenvalue weighted by Crippen LogP contribution is 1.97. The number of nitrogens with one attached hydrogen (secondary N) is 2. The second-order valence-corrected chi connectivity index (χ2v) is 3.48. The summed E-state index contributed by atoms with van der Waals surface area (Å²) in [5, 5.41) is 36.3. The number of nitrogens with zero attached hydrogens (tertiary/aromatic N) is 1. The van der Waals surface area contributed by atoms with E-state index < -0.39 is 35.7 Å². The number of nitrogens with two attached hydrogens (primary N) is 1. The van der Waals surface area contributed by atoms with Crippen LogP contribution in [0.4, 0.5) is 0 Å². The summed E-state index contributed by atoms with van der Waals surface area (Å²) < 4.78 is 0. The van der Waals surface area contributed by atoms with E-state index in [1.807, 2.05) is 10.6 Å². The van der Waals surface area contributed by atoms with Gasteiger partial charge < -0.3 is 36.6 Å². The van der Waals surface area contributed by atoms with Gasteiger partial charge in [-0.25, -0.2) is 9.90 Å².